The van der Waals surface area contributed by atoms with Crippen LogP contribution in [0.15, 0.2) is 24.3 Å². The van der Waals surface area contributed by atoms with Gasteiger partial charge in [-0.05, 0) is 6.42 Å². The molecule has 11 heavy (non-hydrogen) atoms. The zero-order valence-electron chi connectivity index (χ0n) is 7.46. The van der Waals surface area contributed by atoms with Gasteiger partial charge in [0.1, 0.15) is 0 Å². The molecule has 0 fully saturated rings. The van der Waals surface area contributed by atoms with Gasteiger partial charge in [0.05, 0.1) is 0 Å². The fraction of sp³-hybridized carbons (Fsp3) is 0.250. The van der Waals surface area contributed by atoms with Gasteiger partial charge in [0.25, 0.3) is 0 Å². The first kappa shape index (κ1) is 14.4. The Bertz CT molecular complexity index is 201. The maximum Gasteiger partial charge on any atom is 1.00 e. The van der Waals surface area contributed by atoms with E-state index in [-0.39, 0.29) is 37.7 Å². The molecule has 0 bridgehead atoms. The zero-order valence-corrected chi connectivity index (χ0v) is 8.36. The second-order valence-electron chi connectivity index (χ2n) is 2.02. The van der Waals surface area contributed by atoms with Crippen molar-refractivity contribution in [2.24, 2.45) is 0 Å². The molecule has 1 aromatic rings. The Balaban J connectivity index is 0. The molecule has 0 amide bonds. The number of hydrogen-bond donors (Lipinski definition) is 0. The molecule has 0 N–H and O–H groups in total. The molecular weight excluding hydrogens is 141 g/mol. The van der Waals surface area contributed by atoms with E-state index in [1.54, 1.807) is 0 Å². The SMILES string of the molecule is CCc1cccc([P-2])c1.[Li+].[Li+]. The first-order chi connectivity index (χ1) is 4.33. The van der Waals surface area contributed by atoms with Gasteiger partial charge in [-0.15, -0.1) is 12.1 Å². The van der Waals surface area contributed by atoms with Crippen molar-refractivity contribution in [3.05, 3.63) is 29.8 Å². The molecule has 0 aliphatic heterocycles. The van der Waals surface area contributed by atoms with Gasteiger partial charge in [-0.2, -0.15) is 0 Å². The molecule has 48 valence electrons. The van der Waals surface area contributed by atoms with Crippen LogP contribution in [0.3, 0.4) is 0 Å². The molecule has 0 saturated carbocycles. The van der Waals surface area contributed by atoms with Crippen molar-refractivity contribution in [3.8, 4) is 0 Å². The molecule has 0 aromatic heterocycles. The number of aryl methyl sites for hydroxylation is 1. The maximum absolute atomic E-state index is 4.21. The average Bonchev–Trinajstić information content (AvgIpc) is 1.88. The summed E-state index contributed by atoms with van der Waals surface area (Å²) in [6.07, 6.45) is 1.09. The molecule has 0 nitrogen and oxygen atoms in total. The Labute approximate surface area is 95.1 Å². The van der Waals surface area contributed by atoms with E-state index in [2.05, 4.69) is 28.3 Å². The minimum atomic E-state index is 0. The van der Waals surface area contributed by atoms with Gasteiger partial charge in [0.2, 0.25) is 0 Å². The van der Waals surface area contributed by atoms with Crippen molar-refractivity contribution in [2.45, 2.75) is 13.3 Å². The van der Waals surface area contributed by atoms with Gasteiger partial charge in [-0.1, -0.05) is 24.6 Å². The van der Waals surface area contributed by atoms with Gasteiger partial charge < -0.3 is 14.5 Å². The third-order valence-electron chi connectivity index (χ3n) is 1.32. The van der Waals surface area contributed by atoms with Crippen LogP contribution < -0.4 is 43.0 Å². The van der Waals surface area contributed by atoms with Crippen LogP contribution in [0.4, 0.5) is 0 Å². The van der Waals surface area contributed by atoms with Gasteiger partial charge in [0.15, 0.2) is 0 Å². The summed E-state index contributed by atoms with van der Waals surface area (Å²) in [6, 6.07) is 8.21. The van der Waals surface area contributed by atoms with E-state index >= 15 is 0 Å². The summed E-state index contributed by atoms with van der Waals surface area (Å²) >= 11 is 0. The number of hydrogen-bond acceptors (Lipinski definition) is 0. The first-order valence-electron chi connectivity index (χ1n) is 3.11. The normalized spacial score (nSPS) is 7.82. The van der Waals surface area contributed by atoms with Crippen molar-refractivity contribution in [2.75, 3.05) is 0 Å². The van der Waals surface area contributed by atoms with Crippen LogP contribution in [0.25, 0.3) is 0 Å². The summed E-state index contributed by atoms with van der Waals surface area (Å²) < 4.78 is 0. The summed E-state index contributed by atoms with van der Waals surface area (Å²) in [7, 11) is 4.21. The van der Waals surface area contributed by atoms with E-state index < -0.39 is 0 Å². The van der Waals surface area contributed by atoms with E-state index in [0.717, 1.165) is 11.7 Å². The van der Waals surface area contributed by atoms with Crippen molar-refractivity contribution < 1.29 is 37.7 Å². The van der Waals surface area contributed by atoms with Crippen LogP contribution in [0, 0.1) is 0 Å². The standard InChI is InChI=1S/C8H9P.2Li/c1-2-7-4-3-5-8(9)6-7;;/h3-6H,2H2,1H3;;/q-2;2*+1. The van der Waals surface area contributed by atoms with E-state index in [0.29, 0.717) is 0 Å². The summed E-state index contributed by atoms with van der Waals surface area (Å²) in [5, 5.41) is 1.05. The minimum absolute atomic E-state index is 0. The number of benzene rings is 1. The molecule has 1 rings (SSSR count). The largest absolute Gasteiger partial charge is 1.45 e. The molecule has 0 atom stereocenters. The van der Waals surface area contributed by atoms with Gasteiger partial charge in [-0.3, -0.25) is 0 Å². The second kappa shape index (κ2) is 7.49. The Hall–Kier alpha value is 0.845. The minimum Gasteiger partial charge on any atom is -1.45 e. The summed E-state index contributed by atoms with van der Waals surface area (Å²) in [4.78, 5) is 0. The molecular formula is C8H9Li2P. The van der Waals surface area contributed by atoms with Crippen LogP contribution in [0.5, 0.6) is 0 Å². The molecule has 0 radical (unpaired) electrons. The first-order valence-corrected chi connectivity index (χ1v) is 3.55. The van der Waals surface area contributed by atoms with Crippen LogP contribution in [-0.2, 0) is 6.42 Å². The Morgan fingerprint density at radius 3 is 2.27 bits per heavy atom. The van der Waals surface area contributed by atoms with Gasteiger partial charge in [0, 0.05) is 0 Å². The van der Waals surface area contributed by atoms with Crippen molar-refractivity contribution in [1.82, 2.24) is 0 Å². The average molecular weight is 150 g/mol. The predicted octanol–water partition coefficient (Wildman–Crippen LogP) is -3.71. The molecule has 0 aliphatic rings. The molecule has 0 aliphatic carbocycles. The Kier molecular flexibility index (Phi) is 9.79. The van der Waals surface area contributed by atoms with Gasteiger partial charge >= 0.3 is 37.7 Å². The Morgan fingerprint density at radius 1 is 1.27 bits per heavy atom. The quantitative estimate of drug-likeness (QED) is 0.285. The fourth-order valence-electron chi connectivity index (χ4n) is 0.776. The smallest absolute Gasteiger partial charge is 1.00 e. The van der Waals surface area contributed by atoms with Crippen LogP contribution >= 0.6 is 9.24 Å². The summed E-state index contributed by atoms with van der Waals surface area (Å²) in [5.74, 6) is 0. The third-order valence-corrected chi connectivity index (χ3v) is 1.60. The second-order valence-corrected chi connectivity index (χ2v) is 2.54. The molecule has 0 unspecified atom stereocenters. The molecule has 0 spiro atoms. The third kappa shape index (κ3) is 5.14. The predicted molar refractivity (Wildman–Crippen MR) is 42.4 cm³/mol. The zero-order chi connectivity index (χ0) is 6.69. The van der Waals surface area contributed by atoms with Crippen molar-refractivity contribution in [1.29, 1.82) is 0 Å². The van der Waals surface area contributed by atoms with E-state index in [1.165, 1.54) is 5.56 Å². The fourth-order valence-corrected chi connectivity index (χ4v) is 1.03. The monoisotopic (exact) mass is 150 g/mol. The molecule has 0 saturated heterocycles. The summed E-state index contributed by atoms with van der Waals surface area (Å²) in [5.41, 5.74) is 1.35. The maximum atomic E-state index is 4.21. The molecule has 3 heteroatoms. The van der Waals surface area contributed by atoms with Crippen molar-refractivity contribution in [3.63, 3.8) is 0 Å². The Morgan fingerprint density at radius 2 is 1.91 bits per heavy atom. The summed E-state index contributed by atoms with van der Waals surface area (Å²) in [6.45, 7) is 2.14. The van der Waals surface area contributed by atoms with E-state index in [9.17, 15) is 0 Å². The topological polar surface area (TPSA) is 0 Å². The van der Waals surface area contributed by atoms with Crippen molar-refractivity contribution >= 4 is 14.5 Å². The molecule has 1 aromatic carbocycles. The van der Waals surface area contributed by atoms with Crippen LogP contribution in [-0.4, -0.2) is 0 Å². The van der Waals surface area contributed by atoms with Crippen LogP contribution in [0.1, 0.15) is 12.5 Å². The van der Waals surface area contributed by atoms with E-state index in [1.807, 2.05) is 12.1 Å². The van der Waals surface area contributed by atoms with Crippen LogP contribution in [0.2, 0.25) is 0 Å². The van der Waals surface area contributed by atoms with Gasteiger partial charge in [-0.25, -0.2) is 0 Å². The number of rotatable bonds is 1. The van der Waals surface area contributed by atoms with E-state index in [4.69, 9.17) is 0 Å². The molecule has 0 heterocycles.